The summed E-state index contributed by atoms with van der Waals surface area (Å²) < 4.78 is 40.1. The Hall–Kier alpha value is -4.93. The van der Waals surface area contributed by atoms with Crippen molar-refractivity contribution in [2.75, 3.05) is 10.6 Å². The number of fused-ring (bicyclic) bond motifs is 2. The first-order valence-electron chi connectivity index (χ1n) is 13.1. The summed E-state index contributed by atoms with van der Waals surface area (Å²) in [7, 11) is 0. The van der Waals surface area contributed by atoms with E-state index in [0.717, 1.165) is 9.90 Å². The lowest BCUT2D eigenvalue weighted by Crippen LogP contribution is -2.17. The third kappa shape index (κ3) is 6.35. The smallest absolute Gasteiger partial charge is 0.326 e. The molecule has 0 fully saturated rings. The molecule has 0 unspecified atom stereocenters. The first-order chi connectivity index (χ1) is 20.0. The number of carbonyl (C=O) groups excluding carboxylic acids is 2. The molecule has 5 rings (SSSR count). The van der Waals surface area contributed by atoms with Gasteiger partial charge in [0.25, 0.3) is 11.6 Å². The van der Waals surface area contributed by atoms with E-state index in [1.807, 2.05) is 0 Å². The highest BCUT2D eigenvalue weighted by atomic mass is 19.4. The van der Waals surface area contributed by atoms with Crippen LogP contribution >= 0.6 is 0 Å². The number of alkyl halides is 3. The summed E-state index contributed by atoms with van der Waals surface area (Å²) in [6, 6.07) is 7.03. The maximum atomic E-state index is 13.0. The van der Waals surface area contributed by atoms with Gasteiger partial charge in [-0.2, -0.15) is 28.4 Å². The summed E-state index contributed by atoms with van der Waals surface area (Å²) in [5.74, 6) is 0.678. The monoisotopic (exact) mass is 577 g/mol. The van der Waals surface area contributed by atoms with Crippen molar-refractivity contribution in [3.05, 3.63) is 53.2 Å². The fourth-order valence-electron chi connectivity index (χ4n) is 4.63. The minimum Gasteiger partial charge on any atom is -0.326 e. The van der Waals surface area contributed by atoms with Crippen LogP contribution in [0.25, 0.3) is 16.7 Å². The van der Waals surface area contributed by atoms with Gasteiger partial charge in [-0.15, -0.1) is 17.4 Å². The molecule has 1 aromatic carbocycles. The van der Waals surface area contributed by atoms with Crippen molar-refractivity contribution in [2.45, 2.75) is 64.2 Å². The second kappa shape index (κ2) is 11.2. The van der Waals surface area contributed by atoms with E-state index in [2.05, 4.69) is 46.8 Å². The van der Waals surface area contributed by atoms with E-state index in [1.54, 1.807) is 38.1 Å². The van der Waals surface area contributed by atoms with Crippen LogP contribution in [0.15, 0.2) is 40.7 Å². The predicted octanol–water partition coefficient (Wildman–Crippen LogP) is 5.17. The van der Waals surface area contributed by atoms with E-state index in [0.29, 0.717) is 53.1 Å². The molecule has 216 valence electrons. The Balaban J connectivity index is 1.18. The van der Waals surface area contributed by atoms with Crippen LogP contribution in [0.3, 0.4) is 0 Å². The number of halogens is 3. The number of nitrogens with zero attached hydrogens (tertiary/aromatic N) is 7. The maximum absolute atomic E-state index is 13.0. The van der Waals surface area contributed by atoms with Crippen molar-refractivity contribution in [3.8, 4) is 12.3 Å². The van der Waals surface area contributed by atoms with Crippen LogP contribution in [0.2, 0.25) is 0 Å². The molecule has 0 aliphatic carbocycles. The number of hydrogen-bond acceptors (Lipinski definition) is 8. The first-order valence-corrected chi connectivity index (χ1v) is 13.1. The number of aromatic nitrogens is 5. The van der Waals surface area contributed by atoms with Crippen molar-refractivity contribution < 1.29 is 22.8 Å². The standard InChI is InChI=1S/C28H26F3N9O2/c1-4-5-11-27(38-39-27)12-10-24(42)34-19-7-6-18-13-20(15-32-22(18)14-19)35-23(41)9-8-21-16(2)33-26-36-25(28(29,30)31)37-40(26)17(21)3/h1,6-7,13-15H,5,8-12H2,2-3H3,(H,34,42)(H,35,41). The Morgan fingerprint density at radius 3 is 2.48 bits per heavy atom. The molecule has 0 atom stereocenters. The van der Waals surface area contributed by atoms with Crippen LogP contribution < -0.4 is 10.6 Å². The largest absolute Gasteiger partial charge is 0.453 e. The number of aryl methyl sites for hydroxylation is 2. The fourth-order valence-corrected chi connectivity index (χ4v) is 4.63. The Bertz CT molecular complexity index is 1770. The Morgan fingerprint density at radius 2 is 1.76 bits per heavy atom. The number of hydrogen-bond donors (Lipinski definition) is 2. The third-order valence-electron chi connectivity index (χ3n) is 6.96. The van der Waals surface area contributed by atoms with Gasteiger partial charge in [0.1, 0.15) is 0 Å². The molecule has 42 heavy (non-hydrogen) atoms. The van der Waals surface area contributed by atoms with E-state index < -0.39 is 17.7 Å². The third-order valence-corrected chi connectivity index (χ3v) is 6.96. The molecule has 1 aliphatic rings. The molecule has 0 spiro atoms. The van der Waals surface area contributed by atoms with Crippen LogP contribution in [-0.2, 0) is 22.2 Å². The zero-order valence-corrected chi connectivity index (χ0v) is 22.8. The molecule has 0 saturated heterocycles. The molecule has 14 heteroatoms. The van der Waals surface area contributed by atoms with Gasteiger partial charge in [0.15, 0.2) is 5.66 Å². The van der Waals surface area contributed by atoms with Crippen molar-refractivity contribution in [1.82, 2.24) is 24.6 Å². The van der Waals surface area contributed by atoms with Crippen LogP contribution in [0.1, 0.15) is 54.9 Å². The quantitative estimate of drug-likeness (QED) is 0.249. The Kier molecular flexibility index (Phi) is 7.59. The summed E-state index contributed by atoms with van der Waals surface area (Å²) in [5, 5.41) is 18.0. The predicted molar refractivity (Wildman–Crippen MR) is 147 cm³/mol. The molecule has 0 saturated carbocycles. The molecule has 4 aromatic rings. The molecule has 0 bridgehead atoms. The molecule has 4 heterocycles. The number of anilines is 2. The second-order valence-corrected chi connectivity index (χ2v) is 10.0. The van der Waals surface area contributed by atoms with Crippen LogP contribution in [0.4, 0.5) is 24.5 Å². The number of carbonyl (C=O) groups is 2. The molecule has 2 amide bonds. The average molecular weight is 578 g/mol. The summed E-state index contributed by atoms with van der Waals surface area (Å²) in [6.45, 7) is 3.27. The van der Waals surface area contributed by atoms with E-state index in [1.165, 1.54) is 6.20 Å². The van der Waals surface area contributed by atoms with E-state index in [9.17, 15) is 22.8 Å². The van der Waals surface area contributed by atoms with Gasteiger partial charge in [-0.1, -0.05) is 6.07 Å². The normalized spacial score (nSPS) is 13.7. The van der Waals surface area contributed by atoms with E-state index in [4.69, 9.17) is 6.42 Å². The lowest BCUT2D eigenvalue weighted by molar-refractivity contribution is -0.144. The topological polar surface area (TPSA) is 139 Å². The zero-order chi connectivity index (χ0) is 30.1. The zero-order valence-electron chi connectivity index (χ0n) is 22.8. The van der Waals surface area contributed by atoms with E-state index >= 15 is 0 Å². The highest BCUT2D eigenvalue weighted by molar-refractivity contribution is 5.96. The SMILES string of the molecule is C#CCCC1(CCC(=O)Nc2ccc3cc(NC(=O)CCc4c(C)nc5nc(C(F)(F)F)nn5c4C)cnc3c2)N=N1. The Morgan fingerprint density at radius 1 is 1.02 bits per heavy atom. The number of rotatable bonds is 10. The summed E-state index contributed by atoms with van der Waals surface area (Å²) >= 11 is 0. The van der Waals surface area contributed by atoms with Gasteiger partial charge in [-0.05, 0) is 44.0 Å². The number of pyridine rings is 1. The molecule has 11 nitrogen and oxygen atoms in total. The lowest BCUT2D eigenvalue weighted by Gasteiger charge is -2.11. The van der Waals surface area contributed by atoms with Gasteiger partial charge in [0.2, 0.25) is 11.8 Å². The number of terminal acetylenes is 1. The minimum absolute atomic E-state index is 0.0588. The van der Waals surface area contributed by atoms with Crippen LogP contribution in [-0.4, -0.2) is 42.0 Å². The maximum Gasteiger partial charge on any atom is 0.453 e. The van der Waals surface area contributed by atoms with Gasteiger partial charge in [0, 0.05) is 54.6 Å². The highest BCUT2D eigenvalue weighted by Gasteiger charge is 2.39. The fraction of sp³-hybridized carbons (Fsp3) is 0.357. The highest BCUT2D eigenvalue weighted by Crippen LogP contribution is 2.37. The summed E-state index contributed by atoms with van der Waals surface area (Å²) in [5.41, 5.74) is 2.70. The summed E-state index contributed by atoms with van der Waals surface area (Å²) in [6.07, 6.45) is 4.37. The van der Waals surface area contributed by atoms with Crippen molar-refractivity contribution in [2.24, 2.45) is 10.2 Å². The van der Waals surface area contributed by atoms with Gasteiger partial charge >= 0.3 is 6.18 Å². The molecule has 2 N–H and O–H groups in total. The number of benzene rings is 1. The Labute approximate surface area is 238 Å². The molecular weight excluding hydrogens is 551 g/mol. The molecule has 0 radical (unpaired) electrons. The van der Waals surface area contributed by atoms with E-state index in [-0.39, 0.29) is 36.9 Å². The van der Waals surface area contributed by atoms with Crippen molar-refractivity contribution in [1.29, 1.82) is 0 Å². The van der Waals surface area contributed by atoms with Gasteiger partial charge in [-0.3, -0.25) is 14.6 Å². The summed E-state index contributed by atoms with van der Waals surface area (Å²) in [4.78, 5) is 37.1. The molecule has 1 aliphatic heterocycles. The molecule has 3 aromatic heterocycles. The second-order valence-electron chi connectivity index (χ2n) is 10.0. The van der Waals surface area contributed by atoms with Crippen molar-refractivity contribution in [3.63, 3.8) is 0 Å². The minimum atomic E-state index is -4.69. The molecular formula is C28H26F3N9O2. The number of nitrogens with one attached hydrogen (secondary N) is 2. The first kappa shape index (κ1) is 28.6. The van der Waals surface area contributed by atoms with Crippen LogP contribution in [0.5, 0.6) is 0 Å². The average Bonchev–Trinajstić information content (AvgIpc) is 3.57. The lowest BCUT2D eigenvalue weighted by atomic mass is 10.0. The van der Waals surface area contributed by atoms with Gasteiger partial charge in [-0.25, -0.2) is 9.50 Å². The van der Waals surface area contributed by atoms with Gasteiger partial charge in [0.05, 0.1) is 17.4 Å². The number of amides is 2. The van der Waals surface area contributed by atoms with Crippen LogP contribution in [0, 0.1) is 26.2 Å². The van der Waals surface area contributed by atoms with Gasteiger partial charge < -0.3 is 10.6 Å². The van der Waals surface area contributed by atoms with Crippen molar-refractivity contribution >= 4 is 39.9 Å².